The monoisotopic (exact) mass is 334 g/mol. The highest BCUT2D eigenvalue weighted by Crippen LogP contribution is 2.21. The van der Waals surface area contributed by atoms with E-state index >= 15 is 0 Å². The highest BCUT2D eigenvalue weighted by molar-refractivity contribution is 5.94. The summed E-state index contributed by atoms with van der Waals surface area (Å²) in [7, 11) is 0. The number of β-amino-alcohol motifs (C(OH)–C–C–N with tert-alkyl or cyclic N) is 1. The molecule has 0 spiro atoms. The van der Waals surface area contributed by atoms with Crippen molar-refractivity contribution in [3.63, 3.8) is 0 Å². The number of halogens is 1. The zero-order valence-electron chi connectivity index (χ0n) is 12.4. The van der Waals surface area contributed by atoms with Gasteiger partial charge in [0.15, 0.2) is 0 Å². The fraction of sp³-hybridized carbons (Fsp3) is 0.235. The van der Waals surface area contributed by atoms with E-state index in [-0.39, 0.29) is 24.4 Å². The number of aliphatic hydroxyl groups is 1. The van der Waals surface area contributed by atoms with Gasteiger partial charge in [-0.2, -0.15) is 0 Å². The van der Waals surface area contributed by atoms with Gasteiger partial charge in [-0.15, -0.1) is 12.4 Å². The third-order valence-electron chi connectivity index (χ3n) is 3.59. The Kier molecular flexibility index (Phi) is 5.98. The van der Waals surface area contributed by atoms with Crippen LogP contribution in [0, 0.1) is 0 Å². The van der Waals surface area contributed by atoms with Crippen LogP contribution in [0.5, 0.6) is 11.5 Å². The summed E-state index contributed by atoms with van der Waals surface area (Å²) < 4.78 is 5.68. The average Bonchev–Trinajstić information content (AvgIpc) is 2.94. The first-order chi connectivity index (χ1) is 10.7. The van der Waals surface area contributed by atoms with Crippen LogP contribution in [-0.2, 0) is 0 Å². The van der Waals surface area contributed by atoms with Crippen molar-refractivity contribution in [1.82, 2.24) is 10.6 Å². The lowest BCUT2D eigenvalue weighted by atomic mass is 10.1. The van der Waals surface area contributed by atoms with Crippen LogP contribution < -0.4 is 15.4 Å². The van der Waals surface area contributed by atoms with Crippen LogP contribution in [-0.4, -0.2) is 36.2 Å². The molecule has 2 aromatic carbocycles. The maximum absolute atomic E-state index is 12.1. The molecular formula is C17H19ClN2O3. The highest BCUT2D eigenvalue weighted by Gasteiger charge is 2.26. The third-order valence-corrected chi connectivity index (χ3v) is 3.59. The summed E-state index contributed by atoms with van der Waals surface area (Å²) in [6.45, 7) is 1.09. The summed E-state index contributed by atoms with van der Waals surface area (Å²) in [5.74, 6) is 1.23. The van der Waals surface area contributed by atoms with E-state index in [2.05, 4.69) is 10.6 Å². The van der Waals surface area contributed by atoms with Crippen molar-refractivity contribution in [2.75, 3.05) is 13.1 Å². The van der Waals surface area contributed by atoms with E-state index in [1.165, 1.54) is 0 Å². The zero-order chi connectivity index (χ0) is 15.4. The summed E-state index contributed by atoms with van der Waals surface area (Å²) in [6, 6.07) is 16.2. The fourth-order valence-electron chi connectivity index (χ4n) is 2.36. The van der Waals surface area contributed by atoms with E-state index in [4.69, 9.17) is 4.74 Å². The molecule has 122 valence electrons. The third kappa shape index (κ3) is 4.45. The summed E-state index contributed by atoms with van der Waals surface area (Å²) >= 11 is 0. The molecular weight excluding hydrogens is 316 g/mol. The summed E-state index contributed by atoms with van der Waals surface area (Å²) in [5.41, 5.74) is 0.541. The van der Waals surface area contributed by atoms with E-state index in [0.29, 0.717) is 24.4 Å². The molecule has 1 heterocycles. The molecule has 1 aliphatic rings. The first kappa shape index (κ1) is 17.3. The second kappa shape index (κ2) is 7.97. The molecule has 6 heteroatoms. The second-order valence-corrected chi connectivity index (χ2v) is 5.25. The van der Waals surface area contributed by atoms with Crippen LogP contribution >= 0.6 is 12.4 Å². The van der Waals surface area contributed by atoms with Gasteiger partial charge < -0.3 is 20.5 Å². The number of benzene rings is 2. The van der Waals surface area contributed by atoms with Gasteiger partial charge in [0, 0.05) is 18.7 Å². The molecule has 5 nitrogen and oxygen atoms in total. The highest BCUT2D eigenvalue weighted by atomic mass is 35.5. The Bertz CT molecular complexity index is 634. The van der Waals surface area contributed by atoms with Crippen molar-refractivity contribution in [1.29, 1.82) is 0 Å². The molecule has 1 saturated heterocycles. The van der Waals surface area contributed by atoms with Crippen LogP contribution in [0.1, 0.15) is 10.4 Å². The van der Waals surface area contributed by atoms with Crippen molar-refractivity contribution in [2.45, 2.75) is 12.1 Å². The van der Waals surface area contributed by atoms with Crippen molar-refractivity contribution in [2.24, 2.45) is 0 Å². The van der Waals surface area contributed by atoms with Gasteiger partial charge in [0.1, 0.15) is 11.5 Å². The molecule has 0 saturated carbocycles. The smallest absolute Gasteiger partial charge is 0.251 e. The first-order valence-electron chi connectivity index (χ1n) is 7.25. The van der Waals surface area contributed by atoms with Crippen molar-refractivity contribution in [3.8, 4) is 11.5 Å². The van der Waals surface area contributed by atoms with Gasteiger partial charge in [-0.25, -0.2) is 0 Å². The standard InChI is InChI=1S/C17H18N2O3.ClH/c20-16-11-18-10-15(16)19-17(21)12-6-8-14(9-7-12)22-13-4-2-1-3-5-13;/h1-9,15-16,18,20H,10-11H2,(H,19,21);1H/t15-,16-;/m1./s1. The maximum atomic E-state index is 12.1. The minimum atomic E-state index is -0.537. The Balaban J connectivity index is 0.00000192. The lowest BCUT2D eigenvalue weighted by Crippen LogP contribution is -2.42. The number of carbonyl (C=O) groups is 1. The number of hydrogen-bond donors (Lipinski definition) is 3. The van der Waals surface area contributed by atoms with Gasteiger partial charge in [-0.05, 0) is 36.4 Å². The molecule has 3 rings (SSSR count). The Morgan fingerprint density at radius 2 is 1.70 bits per heavy atom. The number of rotatable bonds is 4. The predicted molar refractivity (Wildman–Crippen MR) is 90.3 cm³/mol. The topological polar surface area (TPSA) is 70.6 Å². The molecule has 0 aliphatic carbocycles. The molecule has 3 N–H and O–H groups in total. The molecule has 0 aromatic heterocycles. The SMILES string of the molecule is Cl.O=C(N[C@@H]1CNC[C@H]1O)c1ccc(Oc2ccccc2)cc1. The van der Waals surface area contributed by atoms with Crippen LogP contribution in [0.4, 0.5) is 0 Å². The Morgan fingerprint density at radius 3 is 2.30 bits per heavy atom. The Labute approximate surface area is 141 Å². The second-order valence-electron chi connectivity index (χ2n) is 5.25. The zero-order valence-corrected chi connectivity index (χ0v) is 13.3. The Hall–Kier alpha value is -2.08. The number of ether oxygens (including phenoxy) is 1. The number of hydrogen-bond acceptors (Lipinski definition) is 4. The van der Waals surface area contributed by atoms with E-state index in [9.17, 15) is 9.90 Å². The molecule has 0 radical (unpaired) electrons. The molecule has 1 amide bonds. The van der Waals surface area contributed by atoms with Gasteiger partial charge in [0.2, 0.25) is 0 Å². The largest absolute Gasteiger partial charge is 0.457 e. The van der Waals surface area contributed by atoms with E-state index in [1.54, 1.807) is 24.3 Å². The summed E-state index contributed by atoms with van der Waals surface area (Å²) in [6.07, 6.45) is -0.537. The fourth-order valence-corrected chi connectivity index (χ4v) is 2.36. The quantitative estimate of drug-likeness (QED) is 0.799. The number of carbonyl (C=O) groups excluding carboxylic acids is 1. The molecule has 1 fully saturated rings. The number of aliphatic hydroxyl groups excluding tert-OH is 1. The van der Waals surface area contributed by atoms with Crippen molar-refractivity contribution >= 4 is 18.3 Å². The number of para-hydroxylation sites is 1. The lowest BCUT2D eigenvalue weighted by molar-refractivity contribution is 0.0888. The maximum Gasteiger partial charge on any atom is 0.251 e. The molecule has 0 bridgehead atoms. The normalized spacial score (nSPS) is 19.7. The van der Waals surface area contributed by atoms with E-state index < -0.39 is 6.10 Å². The van der Waals surface area contributed by atoms with Crippen molar-refractivity contribution < 1.29 is 14.6 Å². The van der Waals surface area contributed by atoms with Gasteiger partial charge in [0.25, 0.3) is 5.91 Å². The lowest BCUT2D eigenvalue weighted by Gasteiger charge is -2.15. The van der Waals surface area contributed by atoms with Gasteiger partial charge in [-0.1, -0.05) is 18.2 Å². The summed E-state index contributed by atoms with van der Waals surface area (Å²) in [4.78, 5) is 12.1. The number of nitrogens with one attached hydrogen (secondary N) is 2. The van der Waals surface area contributed by atoms with E-state index in [1.807, 2.05) is 30.3 Å². The first-order valence-corrected chi connectivity index (χ1v) is 7.25. The van der Waals surface area contributed by atoms with Gasteiger partial charge in [-0.3, -0.25) is 4.79 Å². The molecule has 2 atom stereocenters. The van der Waals surface area contributed by atoms with Crippen LogP contribution in [0.2, 0.25) is 0 Å². The summed E-state index contributed by atoms with van der Waals surface area (Å²) in [5, 5.41) is 15.5. The Morgan fingerprint density at radius 1 is 1.04 bits per heavy atom. The van der Waals surface area contributed by atoms with Crippen LogP contribution in [0.25, 0.3) is 0 Å². The molecule has 0 unspecified atom stereocenters. The van der Waals surface area contributed by atoms with Crippen LogP contribution in [0.15, 0.2) is 54.6 Å². The minimum absolute atomic E-state index is 0. The van der Waals surface area contributed by atoms with Crippen molar-refractivity contribution in [3.05, 3.63) is 60.2 Å². The average molecular weight is 335 g/mol. The minimum Gasteiger partial charge on any atom is -0.457 e. The van der Waals surface area contributed by atoms with E-state index in [0.717, 1.165) is 5.75 Å². The molecule has 2 aromatic rings. The van der Waals surface area contributed by atoms with Crippen LogP contribution in [0.3, 0.4) is 0 Å². The number of amides is 1. The molecule has 1 aliphatic heterocycles. The van der Waals surface area contributed by atoms with Gasteiger partial charge in [0.05, 0.1) is 12.1 Å². The van der Waals surface area contributed by atoms with Gasteiger partial charge >= 0.3 is 0 Å². The predicted octanol–water partition coefficient (Wildman–Crippen LogP) is 1.96. The molecule has 23 heavy (non-hydrogen) atoms.